The van der Waals surface area contributed by atoms with Crippen LogP contribution in [0.5, 0.6) is 0 Å². The van der Waals surface area contributed by atoms with Gasteiger partial charge in [-0.15, -0.1) is 6.58 Å². The Morgan fingerprint density at radius 1 is 1.40 bits per heavy atom. The monoisotopic (exact) mass is 344 g/mol. The van der Waals surface area contributed by atoms with Crippen molar-refractivity contribution in [2.24, 2.45) is 5.92 Å². The lowest BCUT2D eigenvalue weighted by atomic mass is 9.92. The van der Waals surface area contributed by atoms with Gasteiger partial charge >= 0.3 is 5.97 Å². The van der Waals surface area contributed by atoms with Crippen LogP contribution in [0, 0.1) is 5.92 Å². The largest absolute Gasteiger partial charge is 0.462 e. The molecule has 2 amide bonds. The first-order valence-corrected chi connectivity index (χ1v) is 8.56. The van der Waals surface area contributed by atoms with Gasteiger partial charge in [0.25, 0.3) is 0 Å². The molecule has 0 N–H and O–H groups in total. The number of pyridine rings is 1. The molecule has 1 aromatic heterocycles. The highest BCUT2D eigenvalue weighted by Gasteiger charge is 2.44. The van der Waals surface area contributed by atoms with Crippen molar-refractivity contribution < 1.29 is 19.1 Å². The number of carbonyl (C=O) groups is 3. The van der Waals surface area contributed by atoms with Crippen molar-refractivity contribution in [3.8, 4) is 0 Å². The highest BCUT2D eigenvalue weighted by atomic mass is 16.5. The Balaban J connectivity index is 1.68. The van der Waals surface area contributed by atoms with Gasteiger partial charge in [0.1, 0.15) is 6.10 Å². The molecule has 1 fully saturated rings. The van der Waals surface area contributed by atoms with Crippen LogP contribution < -0.4 is 0 Å². The van der Waals surface area contributed by atoms with Gasteiger partial charge in [0.05, 0.1) is 5.92 Å². The van der Waals surface area contributed by atoms with Crippen LogP contribution in [0.4, 0.5) is 0 Å². The predicted octanol–water partition coefficient (Wildman–Crippen LogP) is 2.29. The number of imide groups is 1. The molecule has 2 atom stereocenters. The number of carbonyl (C=O) groups excluding carboxylic acids is 3. The smallest absolute Gasteiger partial charge is 0.306 e. The van der Waals surface area contributed by atoms with E-state index in [-0.39, 0.29) is 24.2 Å². The molecule has 0 aromatic carbocycles. The van der Waals surface area contributed by atoms with E-state index in [2.05, 4.69) is 11.6 Å². The van der Waals surface area contributed by atoms with E-state index in [0.29, 0.717) is 25.8 Å². The number of likely N-dealkylation sites (tertiary alicyclic amines) is 1. The van der Waals surface area contributed by atoms with Gasteiger partial charge in [0, 0.05) is 31.8 Å². The van der Waals surface area contributed by atoms with Gasteiger partial charge in [0.15, 0.2) is 0 Å². The van der Waals surface area contributed by atoms with Crippen LogP contribution in [0.15, 0.2) is 37.2 Å². The second-order valence-electron chi connectivity index (χ2n) is 6.18. The Kier molecular flexibility index (Phi) is 6.86. The lowest BCUT2D eigenvalue weighted by Gasteiger charge is -2.39. The molecule has 1 saturated heterocycles. The first-order chi connectivity index (χ1) is 12.0. The third kappa shape index (κ3) is 5.24. The molecule has 0 bridgehead atoms. The summed E-state index contributed by atoms with van der Waals surface area (Å²) >= 11 is 0. The molecule has 6 heteroatoms. The van der Waals surface area contributed by atoms with E-state index in [1.807, 2.05) is 12.1 Å². The molecule has 0 saturated carbocycles. The van der Waals surface area contributed by atoms with Crippen LogP contribution in [-0.2, 0) is 25.5 Å². The Morgan fingerprint density at radius 2 is 2.12 bits per heavy atom. The molecule has 0 aliphatic carbocycles. The van der Waals surface area contributed by atoms with Crippen LogP contribution in [0.1, 0.15) is 38.2 Å². The molecule has 25 heavy (non-hydrogen) atoms. The van der Waals surface area contributed by atoms with E-state index >= 15 is 0 Å². The lowest BCUT2D eigenvalue weighted by Crippen LogP contribution is -2.59. The minimum absolute atomic E-state index is 0.197. The maximum atomic E-state index is 12.1. The number of esters is 1. The summed E-state index contributed by atoms with van der Waals surface area (Å²) in [5.74, 6) is -1.19. The molecule has 1 aliphatic rings. The third-order valence-corrected chi connectivity index (χ3v) is 4.31. The first kappa shape index (κ1) is 18.8. The Hall–Kier alpha value is -2.50. The molecule has 134 valence electrons. The zero-order chi connectivity index (χ0) is 18.2. The van der Waals surface area contributed by atoms with E-state index in [0.717, 1.165) is 12.0 Å². The molecule has 0 unspecified atom stereocenters. The van der Waals surface area contributed by atoms with E-state index < -0.39 is 12.0 Å². The highest BCUT2D eigenvalue weighted by molar-refractivity contribution is 6.01. The zero-order valence-corrected chi connectivity index (χ0v) is 14.5. The summed E-state index contributed by atoms with van der Waals surface area (Å²) in [4.78, 5) is 41.0. The van der Waals surface area contributed by atoms with Gasteiger partial charge in [0.2, 0.25) is 11.8 Å². The van der Waals surface area contributed by atoms with Gasteiger partial charge in [-0.05, 0) is 43.9 Å². The topological polar surface area (TPSA) is 76.6 Å². The summed E-state index contributed by atoms with van der Waals surface area (Å²) in [5.41, 5.74) is 1.12. The van der Waals surface area contributed by atoms with Crippen LogP contribution >= 0.6 is 0 Å². The predicted molar refractivity (Wildman–Crippen MR) is 92.4 cm³/mol. The van der Waals surface area contributed by atoms with Crippen molar-refractivity contribution in [3.05, 3.63) is 42.7 Å². The summed E-state index contributed by atoms with van der Waals surface area (Å²) < 4.78 is 5.35. The van der Waals surface area contributed by atoms with Crippen molar-refractivity contribution in [1.29, 1.82) is 0 Å². The number of aromatic nitrogens is 1. The number of rotatable bonds is 9. The van der Waals surface area contributed by atoms with Crippen molar-refractivity contribution >= 4 is 17.8 Å². The molecular formula is C19H24N2O4. The van der Waals surface area contributed by atoms with Crippen molar-refractivity contribution in [2.45, 2.75) is 45.1 Å². The normalized spacial score (nSPS) is 17.6. The minimum atomic E-state index is -0.510. The van der Waals surface area contributed by atoms with Gasteiger partial charge in [-0.25, -0.2) is 0 Å². The van der Waals surface area contributed by atoms with Gasteiger partial charge in [-0.1, -0.05) is 6.08 Å². The fourth-order valence-electron chi connectivity index (χ4n) is 2.72. The fourth-order valence-corrected chi connectivity index (χ4v) is 2.72. The number of ether oxygens (including phenoxy) is 1. The number of aryl methyl sites for hydroxylation is 1. The maximum Gasteiger partial charge on any atom is 0.306 e. The van der Waals surface area contributed by atoms with E-state index in [9.17, 15) is 14.4 Å². The summed E-state index contributed by atoms with van der Waals surface area (Å²) in [7, 11) is 0. The van der Waals surface area contributed by atoms with Crippen molar-refractivity contribution in [1.82, 2.24) is 9.88 Å². The van der Waals surface area contributed by atoms with E-state index in [1.165, 1.54) is 4.90 Å². The quantitative estimate of drug-likeness (QED) is 0.390. The number of nitrogens with zero attached hydrogens (tertiary/aromatic N) is 2. The van der Waals surface area contributed by atoms with Gasteiger partial charge in [-0.2, -0.15) is 0 Å². The van der Waals surface area contributed by atoms with Crippen LogP contribution in [0.25, 0.3) is 0 Å². The Bertz CT molecular complexity index is 630. The molecule has 0 spiro atoms. The maximum absolute atomic E-state index is 12.1. The Labute approximate surface area is 147 Å². The highest BCUT2D eigenvalue weighted by Crippen LogP contribution is 2.24. The molecule has 1 aliphatic heterocycles. The Morgan fingerprint density at radius 3 is 2.76 bits per heavy atom. The van der Waals surface area contributed by atoms with Crippen LogP contribution in [-0.4, -0.2) is 40.3 Å². The van der Waals surface area contributed by atoms with Crippen molar-refractivity contribution in [3.63, 3.8) is 0 Å². The third-order valence-electron chi connectivity index (χ3n) is 4.31. The summed E-state index contributed by atoms with van der Waals surface area (Å²) in [6.07, 6.45) is 7.18. The fraction of sp³-hybridized carbons (Fsp3) is 0.474. The summed E-state index contributed by atoms with van der Waals surface area (Å²) in [6.45, 7) is 5.58. The lowest BCUT2D eigenvalue weighted by molar-refractivity contribution is -0.169. The standard InChI is InChI=1S/C19H24N2O4/c1-3-4-7-17(22)21-13-16(19(21)24)14(2)25-18(23)8-5-6-15-9-11-20-12-10-15/h3,9-12,14,16H,1,4-8,13H2,2H3/t14-,16+/m1/s1. The van der Waals surface area contributed by atoms with Gasteiger partial charge in [-0.3, -0.25) is 24.3 Å². The number of allylic oxidation sites excluding steroid dienone is 1. The van der Waals surface area contributed by atoms with Crippen molar-refractivity contribution in [2.75, 3.05) is 6.54 Å². The minimum Gasteiger partial charge on any atom is -0.462 e. The van der Waals surface area contributed by atoms with Gasteiger partial charge < -0.3 is 4.74 Å². The SMILES string of the molecule is C=CCCC(=O)N1C[C@@H]([C@@H](C)OC(=O)CCCc2ccncc2)C1=O. The average Bonchev–Trinajstić information content (AvgIpc) is 2.59. The molecule has 6 nitrogen and oxygen atoms in total. The average molecular weight is 344 g/mol. The van der Waals surface area contributed by atoms with Crippen LogP contribution in [0.2, 0.25) is 0 Å². The first-order valence-electron chi connectivity index (χ1n) is 8.56. The number of amides is 2. The van der Waals surface area contributed by atoms with Crippen LogP contribution in [0.3, 0.4) is 0 Å². The zero-order valence-electron chi connectivity index (χ0n) is 14.5. The molecule has 2 heterocycles. The number of hydrogen-bond donors (Lipinski definition) is 0. The molecular weight excluding hydrogens is 320 g/mol. The second kappa shape index (κ2) is 9.11. The second-order valence-corrected chi connectivity index (χ2v) is 6.18. The molecule has 0 radical (unpaired) electrons. The number of hydrogen-bond acceptors (Lipinski definition) is 5. The molecule has 1 aromatic rings. The summed E-state index contributed by atoms with van der Waals surface area (Å²) in [6, 6.07) is 3.83. The van der Waals surface area contributed by atoms with E-state index in [1.54, 1.807) is 25.4 Å². The molecule has 2 rings (SSSR count). The number of β-lactam (4-membered cyclic amide) rings is 1. The van der Waals surface area contributed by atoms with E-state index in [4.69, 9.17) is 4.74 Å². The summed E-state index contributed by atoms with van der Waals surface area (Å²) in [5, 5.41) is 0.